The van der Waals surface area contributed by atoms with Gasteiger partial charge in [-0.25, -0.2) is 0 Å². The van der Waals surface area contributed by atoms with Gasteiger partial charge in [0.2, 0.25) is 0 Å². The van der Waals surface area contributed by atoms with E-state index in [-0.39, 0.29) is 6.10 Å². The van der Waals surface area contributed by atoms with Crippen molar-refractivity contribution in [3.63, 3.8) is 0 Å². The topological polar surface area (TPSA) is 26.7 Å². The molecule has 0 amide bonds. The monoisotopic (exact) mass is 284 g/mol. The smallest absolute Gasteiger partial charge is 0.0695 e. The van der Waals surface area contributed by atoms with Crippen LogP contribution in [0.3, 0.4) is 0 Å². The van der Waals surface area contributed by atoms with Crippen molar-refractivity contribution in [3.05, 3.63) is 0 Å². The first-order chi connectivity index (χ1) is 9.65. The normalized spacial score (nSPS) is 27.4. The summed E-state index contributed by atoms with van der Waals surface area (Å²) in [6.07, 6.45) is 5.78. The highest BCUT2D eigenvalue weighted by Crippen LogP contribution is 2.30. The van der Waals surface area contributed by atoms with E-state index in [1.165, 1.54) is 32.2 Å². The van der Waals surface area contributed by atoms with Crippen molar-refractivity contribution in [2.45, 2.75) is 71.9 Å². The first-order valence-corrected chi connectivity index (χ1v) is 8.80. The lowest BCUT2D eigenvalue weighted by Crippen LogP contribution is -2.48. The molecular weight excluding hydrogens is 248 g/mol. The summed E-state index contributed by atoms with van der Waals surface area (Å²) in [4.78, 5) is 5.01. The van der Waals surface area contributed by atoms with Crippen LogP contribution in [0.5, 0.6) is 0 Å². The fraction of sp³-hybridized carbons (Fsp3) is 1.00. The molecule has 1 N–H and O–H groups in total. The molecule has 3 unspecified atom stereocenters. The second-order valence-electron chi connectivity index (χ2n) is 6.23. The molecule has 1 fully saturated rings. The van der Waals surface area contributed by atoms with Gasteiger partial charge in [0.05, 0.1) is 6.10 Å². The number of aliphatic hydroxyl groups excluding tert-OH is 1. The lowest BCUT2D eigenvalue weighted by Gasteiger charge is -2.40. The zero-order valence-electron chi connectivity index (χ0n) is 14.1. The Hall–Kier alpha value is -0.120. The molecule has 120 valence electrons. The van der Waals surface area contributed by atoms with E-state index >= 15 is 0 Å². The molecule has 0 aliphatic heterocycles. The Morgan fingerprint density at radius 2 is 1.65 bits per heavy atom. The molecule has 1 aliphatic rings. The highest BCUT2D eigenvalue weighted by Gasteiger charge is 2.31. The van der Waals surface area contributed by atoms with Gasteiger partial charge in [0.15, 0.2) is 0 Å². The fourth-order valence-corrected chi connectivity index (χ4v) is 3.57. The van der Waals surface area contributed by atoms with E-state index in [1.807, 2.05) is 0 Å². The van der Waals surface area contributed by atoms with Crippen molar-refractivity contribution in [2.24, 2.45) is 5.92 Å². The summed E-state index contributed by atoms with van der Waals surface area (Å²) in [5.74, 6) is 0.820. The van der Waals surface area contributed by atoms with Crippen molar-refractivity contribution >= 4 is 0 Å². The van der Waals surface area contributed by atoms with Gasteiger partial charge in [-0.3, -0.25) is 4.90 Å². The van der Waals surface area contributed by atoms with Crippen LogP contribution in [0.4, 0.5) is 0 Å². The summed E-state index contributed by atoms with van der Waals surface area (Å²) in [5, 5.41) is 10.3. The molecule has 1 saturated carbocycles. The predicted octanol–water partition coefficient (Wildman–Crippen LogP) is 2.98. The largest absolute Gasteiger partial charge is 0.391 e. The Morgan fingerprint density at radius 3 is 2.20 bits per heavy atom. The maximum absolute atomic E-state index is 10.3. The highest BCUT2D eigenvalue weighted by molar-refractivity contribution is 4.86. The molecule has 1 rings (SSSR count). The molecule has 0 spiro atoms. The van der Waals surface area contributed by atoms with Gasteiger partial charge in [-0.1, -0.05) is 34.1 Å². The Labute approximate surface area is 126 Å². The minimum atomic E-state index is -0.105. The maximum Gasteiger partial charge on any atom is 0.0695 e. The first kappa shape index (κ1) is 17.9. The molecule has 0 bridgehead atoms. The third-order valence-corrected chi connectivity index (χ3v) is 5.16. The maximum atomic E-state index is 10.3. The van der Waals surface area contributed by atoms with Gasteiger partial charge in [0, 0.05) is 6.04 Å². The third kappa shape index (κ3) is 5.34. The van der Waals surface area contributed by atoms with Crippen molar-refractivity contribution in [1.29, 1.82) is 0 Å². The molecule has 20 heavy (non-hydrogen) atoms. The molecular formula is C17H36N2O. The lowest BCUT2D eigenvalue weighted by molar-refractivity contribution is 0.00318. The van der Waals surface area contributed by atoms with E-state index in [0.717, 1.165) is 38.5 Å². The molecule has 1 aliphatic carbocycles. The van der Waals surface area contributed by atoms with Crippen LogP contribution in [0.15, 0.2) is 0 Å². The van der Waals surface area contributed by atoms with Crippen LogP contribution >= 0.6 is 0 Å². The Balaban J connectivity index is 2.43. The molecule has 0 saturated heterocycles. The van der Waals surface area contributed by atoms with E-state index in [9.17, 15) is 5.11 Å². The number of hydrogen-bond acceptors (Lipinski definition) is 3. The van der Waals surface area contributed by atoms with E-state index in [2.05, 4.69) is 37.5 Å². The van der Waals surface area contributed by atoms with E-state index in [4.69, 9.17) is 0 Å². The predicted molar refractivity (Wildman–Crippen MR) is 87.1 cm³/mol. The van der Waals surface area contributed by atoms with Crippen LogP contribution in [-0.2, 0) is 0 Å². The standard InChI is InChI=1S/C17H36N2O/c1-5-15-10-11-17(20)16(14-15)19(8-4)13-9-12-18(6-2)7-3/h15-17,20H,5-14H2,1-4H3. The van der Waals surface area contributed by atoms with Gasteiger partial charge >= 0.3 is 0 Å². The van der Waals surface area contributed by atoms with Crippen LogP contribution < -0.4 is 0 Å². The van der Waals surface area contributed by atoms with Crippen molar-refractivity contribution in [1.82, 2.24) is 9.80 Å². The Morgan fingerprint density at radius 1 is 0.950 bits per heavy atom. The summed E-state index contributed by atoms with van der Waals surface area (Å²) < 4.78 is 0. The summed E-state index contributed by atoms with van der Waals surface area (Å²) in [7, 11) is 0. The van der Waals surface area contributed by atoms with Crippen LogP contribution in [0, 0.1) is 5.92 Å². The number of hydrogen-bond donors (Lipinski definition) is 1. The molecule has 3 atom stereocenters. The molecule has 3 heteroatoms. The second kappa shape index (κ2) is 9.75. The number of rotatable bonds is 9. The van der Waals surface area contributed by atoms with Crippen LogP contribution in [0.25, 0.3) is 0 Å². The van der Waals surface area contributed by atoms with Crippen LogP contribution in [0.1, 0.15) is 59.8 Å². The number of nitrogens with zero attached hydrogens (tertiary/aromatic N) is 2. The minimum absolute atomic E-state index is 0.105. The zero-order valence-corrected chi connectivity index (χ0v) is 14.1. The Kier molecular flexibility index (Phi) is 8.74. The average molecular weight is 284 g/mol. The Bertz CT molecular complexity index is 243. The molecule has 0 aromatic heterocycles. The van der Waals surface area contributed by atoms with Gasteiger partial charge in [0.1, 0.15) is 0 Å². The van der Waals surface area contributed by atoms with Gasteiger partial charge in [0.25, 0.3) is 0 Å². The summed E-state index contributed by atoms with van der Waals surface area (Å²) in [5.41, 5.74) is 0. The van der Waals surface area contributed by atoms with Crippen LogP contribution in [-0.4, -0.2) is 59.8 Å². The third-order valence-electron chi connectivity index (χ3n) is 5.16. The van der Waals surface area contributed by atoms with E-state index < -0.39 is 0 Å². The number of aliphatic hydroxyl groups is 1. The first-order valence-electron chi connectivity index (χ1n) is 8.80. The van der Waals surface area contributed by atoms with E-state index in [1.54, 1.807) is 0 Å². The summed E-state index contributed by atoms with van der Waals surface area (Å²) in [6.45, 7) is 14.7. The van der Waals surface area contributed by atoms with Gasteiger partial charge in [-0.05, 0) is 64.3 Å². The fourth-order valence-electron chi connectivity index (χ4n) is 3.57. The van der Waals surface area contributed by atoms with Gasteiger partial charge in [-0.2, -0.15) is 0 Å². The molecule has 3 nitrogen and oxygen atoms in total. The van der Waals surface area contributed by atoms with Gasteiger partial charge < -0.3 is 10.0 Å². The molecule has 0 aromatic rings. The molecule has 0 radical (unpaired) electrons. The summed E-state index contributed by atoms with van der Waals surface area (Å²) >= 11 is 0. The van der Waals surface area contributed by atoms with Crippen LogP contribution in [0.2, 0.25) is 0 Å². The van der Waals surface area contributed by atoms with Crippen molar-refractivity contribution in [3.8, 4) is 0 Å². The SMILES string of the molecule is CCC1CCC(O)C(N(CC)CCCN(CC)CC)C1. The number of likely N-dealkylation sites (N-methyl/N-ethyl adjacent to an activating group) is 1. The zero-order chi connectivity index (χ0) is 15.0. The highest BCUT2D eigenvalue weighted by atomic mass is 16.3. The molecule has 0 heterocycles. The lowest BCUT2D eigenvalue weighted by atomic mass is 9.81. The van der Waals surface area contributed by atoms with E-state index in [0.29, 0.717) is 6.04 Å². The van der Waals surface area contributed by atoms with Crippen molar-refractivity contribution in [2.75, 3.05) is 32.7 Å². The summed E-state index contributed by atoms with van der Waals surface area (Å²) in [6, 6.07) is 0.399. The molecule has 0 aromatic carbocycles. The van der Waals surface area contributed by atoms with Crippen molar-refractivity contribution < 1.29 is 5.11 Å². The second-order valence-corrected chi connectivity index (χ2v) is 6.23. The van der Waals surface area contributed by atoms with Gasteiger partial charge in [-0.15, -0.1) is 0 Å². The quantitative estimate of drug-likeness (QED) is 0.705. The average Bonchev–Trinajstić information content (AvgIpc) is 2.49. The minimum Gasteiger partial charge on any atom is -0.391 e.